The topological polar surface area (TPSA) is 136 Å². The van der Waals surface area contributed by atoms with Gasteiger partial charge in [0.15, 0.2) is 0 Å². The zero-order valence-corrected chi connectivity index (χ0v) is 40.1. The fourth-order valence-corrected chi connectivity index (χ4v) is 11.6. The van der Waals surface area contributed by atoms with Crippen LogP contribution in [0, 0.1) is 0 Å². The third kappa shape index (κ3) is 13.3. The Morgan fingerprint density at radius 3 is 1.19 bits per heavy atom. The van der Waals surface area contributed by atoms with Crippen LogP contribution in [0.2, 0.25) is 0 Å². The minimum Gasteiger partial charge on any atom is -0.267 e. The Bertz CT molecular complexity index is 2600. The molecule has 2 aliphatic heterocycles. The monoisotopic (exact) mass is 1120 g/mol. The first kappa shape index (κ1) is 46.2. The summed E-state index contributed by atoms with van der Waals surface area (Å²) in [6, 6.07) is 38.3. The van der Waals surface area contributed by atoms with E-state index in [-0.39, 0.29) is 28.1 Å². The van der Waals surface area contributed by atoms with Gasteiger partial charge < -0.3 is 0 Å². The molecule has 6 aromatic rings. The Kier molecular flexibility index (Phi) is 17.4. The fourth-order valence-electron chi connectivity index (χ4n) is 5.05. The van der Waals surface area contributed by atoms with Crippen molar-refractivity contribution in [3.63, 3.8) is 0 Å². The Morgan fingerprint density at radius 1 is 0.508 bits per heavy atom. The summed E-state index contributed by atoms with van der Waals surface area (Å²) in [5, 5.41) is 5.96. The van der Waals surface area contributed by atoms with Crippen LogP contribution in [0.4, 0.5) is 0 Å². The van der Waals surface area contributed by atoms with Crippen molar-refractivity contribution in [2.45, 2.75) is 26.2 Å². The maximum atomic E-state index is 11.6. The quantitative estimate of drug-likeness (QED) is 0.149. The Labute approximate surface area is 384 Å². The lowest BCUT2D eigenvalue weighted by atomic mass is 10.2. The van der Waals surface area contributed by atoms with Crippen molar-refractivity contribution in [1.29, 1.82) is 0 Å². The summed E-state index contributed by atoms with van der Waals surface area (Å²) in [6.45, 7) is 1.73. The van der Waals surface area contributed by atoms with E-state index in [1.165, 1.54) is 32.8 Å². The molecule has 0 aliphatic carbocycles. The summed E-state index contributed by atoms with van der Waals surface area (Å²) in [5.74, 6) is -0.749. The Balaban J connectivity index is 0.000000150. The first-order chi connectivity index (χ1) is 28.2. The highest BCUT2D eigenvalue weighted by Gasteiger charge is 2.35. The number of carbonyl (C=O) groups excluding carboxylic acids is 2. The molecule has 2 aromatic heterocycles. The molecule has 2 aliphatic rings. The van der Waals surface area contributed by atoms with Crippen LogP contribution in [0.3, 0.4) is 0 Å². The van der Waals surface area contributed by atoms with Crippen LogP contribution < -0.4 is 11.1 Å². The molecular formula is C40H32Br4N4O7S4. The van der Waals surface area contributed by atoms with Gasteiger partial charge in [-0.1, -0.05) is 144 Å². The minimum absolute atomic E-state index is 0.0406. The van der Waals surface area contributed by atoms with Gasteiger partial charge in [-0.15, -0.1) is 0 Å². The van der Waals surface area contributed by atoms with Crippen LogP contribution >= 0.6 is 86.8 Å². The molecule has 1 unspecified atom stereocenters. The van der Waals surface area contributed by atoms with Gasteiger partial charge in [0.25, 0.3) is 33.0 Å². The maximum Gasteiger partial charge on any atom is 0.275 e. The summed E-state index contributed by atoms with van der Waals surface area (Å²) < 4.78 is 42.0. The van der Waals surface area contributed by atoms with Crippen molar-refractivity contribution in [2.75, 3.05) is 0 Å². The summed E-state index contributed by atoms with van der Waals surface area (Å²) in [6.07, 6.45) is 0. The molecule has 0 bridgehead atoms. The SMILES string of the molecule is O=C1C(Br)=CS(=O)(=O)N1Cc1ccccc1.O=C1C(Br)=CS(=O)N1Cc1ccccc1.O=c1c(Br)csn1Cc1ccccc1.O=c1c(Br)csn1Cc1ccccc1. The third-order valence-corrected chi connectivity index (χ3v) is 15.8. The number of aromatic nitrogens is 2. The van der Waals surface area contributed by atoms with Gasteiger partial charge in [-0.3, -0.25) is 27.1 Å². The van der Waals surface area contributed by atoms with Gasteiger partial charge in [-0.2, -0.15) is 0 Å². The molecule has 4 aromatic carbocycles. The summed E-state index contributed by atoms with van der Waals surface area (Å²) in [4.78, 5) is 46.1. The van der Waals surface area contributed by atoms with Gasteiger partial charge in [0, 0.05) is 16.2 Å². The first-order valence-corrected chi connectivity index (χ1v) is 24.6. The van der Waals surface area contributed by atoms with Crippen LogP contribution in [-0.2, 0) is 56.8 Å². The standard InChI is InChI=1S/C10H8BrNO3S.C10H8BrNO2S.2C10H8BrNOS/c11-9-7-16(14,15)12(10(9)13)6-8-4-2-1-3-5-8;11-9-7-15(14)12(10(9)13)6-8-4-2-1-3-5-8;2*11-9-7-14-12(10(9)13)6-8-4-2-1-3-5-8/h1-5,7H,6H2;1-5,7H,6H2;2*1-5,7H,6H2. The van der Waals surface area contributed by atoms with E-state index in [4.69, 9.17) is 0 Å². The van der Waals surface area contributed by atoms with Crippen molar-refractivity contribution >= 4 is 120 Å². The van der Waals surface area contributed by atoms with E-state index in [9.17, 15) is 31.8 Å². The second-order valence-electron chi connectivity index (χ2n) is 12.2. The lowest BCUT2D eigenvalue weighted by molar-refractivity contribution is -0.122. The molecule has 2 amide bonds. The number of rotatable bonds is 8. The molecule has 0 fully saturated rings. The highest BCUT2D eigenvalue weighted by atomic mass is 79.9. The summed E-state index contributed by atoms with van der Waals surface area (Å²) >= 11 is 15.3. The van der Waals surface area contributed by atoms with E-state index in [1.54, 1.807) is 32.2 Å². The fraction of sp³-hybridized carbons (Fsp3) is 0.100. The van der Waals surface area contributed by atoms with E-state index >= 15 is 0 Å². The number of carbonyl (C=O) groups is 2. The van der Waals surface area contributed by atoms with Crippen LogP contribution in [0.25, 0.3) is 0 Å². The molecule has 306 valence electrons. The van der Waals surface area contributed by atoms with Gasteiger partial charge in [-0.25, -0.2) is 21.2 Å². The van der Waals surface area contributed by atoms with Crippen LogP contribution in [0.15, 0.2) is 170 Å². The van der Waals surface area contributed by atoms with Crippen molar-refractivity contribution in [3.8, 4) is 0 Å². The van der Waals surface area contributed by atoms with E-state index in [1.807, 2.05) is 108 Å². The Hall–Kier alpha value is -3.82. The van der Waals surface area contributed by atoms with Crippen LogP contribution in [0.1, 0.15) is 22.3 Å². The highest BCUT2D eigenvalue weighted by molar-refractivity contribution is 9.12. The zero-order chi connectivity index (χ0) is 42.5. The van der Waals surface area contributed by atoms with Gasteiger partial charge in [-0.05, 0) is 86.0 Å². The minimum atomic E-state index is -3.61. The molecule has 0 radical (unpaired) electrons. The lowest BCUT2D eigenvalue weighted by Gasteiger charge is -2.14. The maximum absolute atomic E-state index is 11.6. The first-order valence-electron chi connectivity index (χ1n) is 17.1. The molecule has 1 atom stereocenters. The molecule has 0 saturated carbocycles. The number of benzene rings is 4. The molecule has 11 nitrogen and oxygen atoms in total. The predicted octanol–water partition coefficient (Wildman–Crippen LogP) is 8.96. The largest absolute Gasteiger partial charge is 0.275 e. The van der Waals surface area contributed by atoms with Crippen LogP contribution in [-0.4, -0.2) is 41.0 Å². The van der Waals surface area contributed by atoms with E-state index in [0.717, 1.165) is 32.0 Å². The van der Waals surface area contributed by atoms with Crippen molar-refractivity contribution in [1.82, 2.24) is 16.5 Å². The number of nitrogens with zero attached hydrogens (tertiary/aromatic N) is 4. The molecule has 0 spiro atoms. The third-order valence-electron chi connectivity index (χ3n) is 7.95. The van der Waals surface area contributed by atoms with Gasteiger partial charge >= 0.3 is 0 Å². The van der Waals surface area contributed by atoms with E-state index in [2.05, 4.69) is 63.7 Å². The number of halogens is 4. The molecule has 0 saturated heterocycles. The molecule has 59 heavy (non-hydrogen) atoms. The smallest absolute Gasteiger partial charge is 0.267 e. The van der Waals surface area contributed by atoms with E-state index in [0.29, 0.717) is 33.1 Å². The number of sulfonamides is 1. The zero-order valence-electron chi connectivity index (χ0n) is 30.5. The highest BCUT2D eigenvalue weighted by Crippen LogP contribution is 2.26. The van der Waals surface area contributed by atoms with E-state index < -0.39 is 26.9 Å². The lowest BCUT2D eigenvalue weighted by Crippen LogP contribution is -2.29. The van der Waals surface area contributed by atoms with Gasteiger partial charge in [0.2, 0.25) is 0 Å². The normalized spacial score (nSPS) is 15.2. The molecular weight excluding hydrogens is 1100 g/mol. The van der Waals surface area contributed by atoms with Crippen molar-refractivity contribution in [3.05, 3.63) is 204 Å². The van der Waals surface area contributed by atoms with Gasteiger partial charge in [0.05, 0.1) is 49.5 Å². The second-order valence-corrected chi connectivity index (χ2v) is 20.3. The number of amides is 2. The molecule has 4 heterocycles. The number of hydrogen-bond donors (Lipinski definition) is 0. The van der Waals surface area contributed by atoms with Crippen LogP contribution in [0.5, 0.6) is 0 Å². The van der Waals surface area contributed by atoms with Crippen molar-refractivity contribution < 1.29 is 22.2 Å². The van der Waals surface area contributed by atoms with Gasteiger partial charge in [0.1, 0.15) is 11.0 Å². The molecule has 8 rings (SSSR count). The average Bonchev–Trinajstić information content (AvgIpc) is 3.87. The predicted molar refractivity (Wildman–Crippen MR) is 249 cm³/mol. The second kappa shape index (κ2) is 22.1. The summed E-state index contributed by atoms with van der Waals surface area (Å²) in [7, 11) is -4.96. The molecule has 0 N–H and O–H groups in total. The van der Waals surface area contributed by atoms with Crippen molar-refractivity contribution in [2.24, 2.45) is 0 Å². The Morgan fingerprint density at radius 2 is 0.881 bits per heavy atom. The number of hydrogen-bond acceptors (Lipinski definition) is 9. The average molecular weight is 1130 g/mol. The molecule has 19 heteroatoms. The summed E-state index contributed by atoms with van der Waals surface area (Å²) in [5.41, 5.74) is 4.11.